The van der Waals surface area contributed by atoms with Gasteiger partial charge in [-0.3, -0.25) is 4.79 Å². The monoisotopic (exact) mass is 340 g/mol. The summed E-state index contributed by atoms with van der Waals surface area (Å²) in [4.78, 5) is 12.0. The number of benzene rings is 1. The molecule has 1 saturated heterocycles. The summed E-state index contributed by atoms with van der Waals surface area (Å²) in [5.74, 6) is 1.62. The Balaban J connectivity index is 0.00000264. The van der Waals surface area contributed by atoms with Crippen LogP contribution in [0.3, 0.4) is 0 Å². The van der Waals surface area contributed by atoms with E-state index in [0.717, 1.165) is 30.7 Å². The molecule has 1 fully saturated rings. The molecule has 1 aromatic carbocycles. The van der Waals surface area contributed by atoms with Crippen molar-refractivity contribution < 1.29 is 9.53 Å². The molecule has 1 aliphatic heterocycles. The number of nitrogens with one attached hydrogen (secondary N) is 2. The smallest absolute Gasteiger partial charge is 0.221 e. The largest absolute Gasteiger partial charge is 0.493 e. The van der Waals surface area contributed by atoms with E-state index in [9.17, 15) is 4.79 Å². The number of para-hydroxylation sites is 1. The Kier molecular flexibility index (Phi) is 9.03. The summed E-state index contributed by atoms with van der Waals surface area (Å²) >= 11 is 0. The van der Waals surface area contributed by atoms with Gasteiger partial charge in [0.05, 0.1) is 6.61 Å². The summed E-state index contributed by atoms with van der Waals surface area (Å²) in [6.45, 7) is 6.65. The molecule has 23 heavy (non-hydrogen) atoms. The minimum Gasteiger partial charge on any atom is -0.493 e. The van der Waals surface area contributed by atoms with Crippen molar-refractivity contribution in [2.75, 3.05) is 13.2 Å². The maximum absolute atomic E-state index is 12.0. The molecule has 130 valence electrons. The normalized spacial score (nSPS) is 16.9. The molecule has 2 N–H and O–H groups in total. The van der Waals surface area contributed by atoms with Gasteiger partial charge in [0.1, 0.15) is 5.75 Å². The molecule has 0 spiro atoms. The van der Waals surface area contributed by atoms with Gasteiger partial charge in [0, 0.05) is 24.6 Å². The van der Waals surface area contributed by atoms with Crippen LogP contribution in [-0.4, -0.2) is 25.1 Å². The molecule has 2 rings (SSSR count). The van der Waals surface area contributed by atoms with Crippen LogP contribution < -0.4 is 15.4 Å². The van der Waals surface area contributed by atoms with Gasteiger partial charge in [0.2, 0.25) is 5.91 Å². The standard InChI is InChI=1S/C18H28N2O2.ClH/c1-14(2)9-11-22-17-8-4-3-6-15(17)13-20-18(21)12-16-7-5-10-19-16;/h3-4,6,8,14,16,19H,5,7,9-13H2,1-2H3,(H,20,21);1H. The average Bonchev–Trinajstić information content (AvgIpc) is 2.99. The predicted octanol–water partition coefficient (Wildman–Crippen LogP) is 3.29. The molecule has 1 heterocycles. The van der Waals surface area contributed by atoms with E-state index in [2.05, 4.69) is 24.5 Å². The van der Waals surface area contributed by atoms with E-state index < -0.39 is 0 Å². The second kappa shape index (κ2) is 10.5. The van der Waals surface area contributed by atoms with Crippen LogP contribution in [0.25, 0.3) is 0 Å². The minimum absolute atomic E-state index is 0. The highest BCUT2D eigenvalue weighted by molar-refractivity contribution is 5.85. The molecular weight excluding hydrogens is 312 g/mol. The fourth-order valence-electron chi connectivity index (χ4n) is 2.62. The third-order valence-electron chi connectivity index (χ3n) is 4.00. The number of rotatable bonds is 8. The van der Waals surface area contributed by atoms with Crippen molar-refractivity contribution >= 4 is 18.3 Å². The molecule has 1 unspecified atom stereocenters. The van der Waals surface area contributed by atoms with E-state index in [1.807, 2.05) is 24.3 Å². The fourth-order valence-corrected chi connectivity index (χ4v) is 2.62. The molecule has 1 amide bonds. The quantitative estimate of drug-likeness (QED) is 0.763. The van der Waals surface area contributed by atoms with Crippen molar-refractivity contribution in [3.63, 3.8) is 0 Å². The topological polar surface area (TPSA) is 50.4 Å². The van der Waals surface area contributed by atoms with E-state index in [0.29, 0.717) is 31.5 Å². The van der Waals surface area contributed by atoms with E-state index in [-0.39, 0.29) is 18.3 Å². The van der Waals surface area contributed by atoms with Gasteiger partial charge in [-0.25, -0.2) is 0 Å². The van der Waals surface area contributed by atoms with Crippen molar-refractivity contribution in [3.8, 4) is 5.75 Å². The Morgan fingerprint density at radius 2 is 2.17 bits per heavy atom. The lowest BCUT2D eigenvalue weighted by atomic mass is 10.1. The van der Waals surface area contributed by atoms with E-state index >= 15 is 0 Å². The molecule has 0 bridgehead atoms. The van der Waals surface area contributed by atoms with E-state index in [1.54, 1.807) is 0 Å². The highest BCUT2D eigenvalue weighted by Gasteiger charge is 2.17. The van der Waals surface area contributed by atoms with Gasteiger partial charge in [-0.2, -0.15) is 0 Å². The Morgan fingerprint density at radius 3 is 2.87 bits per heavy atom. The first-order chi connectivity index (χ1) is 10.6. The first-order valence-electron chi connectivity index (χ1n) is 8.36. The summed E-state index contributed by atoms with van der Waals surface area (Å²) in [5.41, 5.74) is 1.04. The zero-order valence-corrected chi connectivity index (χ0v) is 15.0. The summed E-state index contributed by atoms with van der Waals surface area (Å²) in [5, 5.41) is 6.36. The number of carbonyl (C=O) groups excluding carboxylic acids is 1. The van der Waals surface area contributed by atoms with Gasteiger partial charge in [0.15, 0.2) is 0 Å². The van der Waals surface area contributed by atoms with Crippen LogP contribution in [0.1, 0.15) is 45.1 Å². The lowest BCUT2D eigenvalue weighted by molar-refractivity contribution is -0.121. The zero-order chi connectivity index (χ0) is 15.8. The summed E-state index contributed by atoms with van der Waals surface area (Å²) in [6, 6.07) is 8.28. The number of hydrogen-bond donors (Lipinski definition) is 2. The summed E-state index contributed by atoms with van der Waals surface area (Å²) in [6.07, 6.45) is 3.87. The molecule has 1 aliphatic rings. The maximum Gasteiger partial charge on any atom is 0.221 e. The lowest BCUT2D eigenvalue weighted by Crippen LogP contribution is -2.31. The van der Waals surface area contributed by atoms with Crippen LogP contribution in [0.5, 0.6) is 5.75 Å². The van der Waals surface area contributed by atoms with Crippen molar-refractivity contribution in [2.24, 2.45) is 5.92 Å². The van der Waals surface area contributed by atoms with Crippen LogP contribution in [0.15, 0.2) is 24.3 Å². The number of ether oxygens (including phenoxy) is 1. The number of carbonyl (C=O) groups is 1. The summed E-state index contributed by atoms with van der Waals surface area (Å²) < 4.78 is 5.85. The molecule has 0 aliphatic carbocycles. The third kappa shape index (κ3) is 7.23. The van der Waals surface area contributed by atoms with Crippen molar-refractivity contribution in [1.82, 2.24) is 10.6 Å². The van der Waals surface area contributed by atoms with E-state index in [1.165, 1.54) is 6.42 Å². The highest BCUT2D eigenvalue weighted by atomic mass is 35.5. The average molecular weight is 341 g/mol. The number of amides is 1. The van der Waals surface area contributed by atoms with Gasteiger partial charge >= 0.3 is 0 Å². The Bertz CT molecular complexity index is 474. The Hall–Kier alpha value is -1.26. The Morgan fingerprint density at radius 1 is 1.39 bits per heavy atom. The van der Waals surface area contributed by atoms with E-state index in [4.69, 9.17) is 4.74 Å². The summed E-state index contributed by atoms with van der Waals surface area (Å²) in [7, 11) is 0. The van der Waals surface area contributed by atoms with Crippen molar-refractivity contribution in [3.05, 3.63) is 29.8 Å². The Labute approximate surface area is 145 Å². The van der Waals surface area contributed by atoms with Gasteiger partial charge in [-0.05, 0) is 37.8 Å². The molecule has 1 aromatic rings. The van der Waals surface area contributed by atoms with Crippen LogP contribution in [0.2, 0.25) is 0 Å². The van der Waals surface area contributed by atoms with Crippen LogP contribution >= 0.6 is 12.4 Å². The maximum atomic E-state index is 12.0. The third-order valence-corrected chi connectivity index (χ3v) is 4.00. The van der Waals surface area contributed by atoms with Gasteiger partial charge in [-0.15, -0.1) is 12.4 Å². The van der Waals surface area contributed by atoms with Crippen molar-refractivity contribution in [1.29, 1.82) is 0 Å². The van der Waals surface area contributed by atoms with Gasteiger partial charge in [0.25, 0.3) is 0 Å². The molecule has 1 atom stereocenters. The second-order valence-corrected chi connectivity index (χ2v) is 6.41. The van der Waals surface area contributed by atoms with Crippen LogP contribution in [0.4, 0.5) is 0 Å². The predicted molar refractivity (Wildman–Crippen MR) is 96.1 cm³/mol. The van der Waals surface area contributed by atoms with Crippen LogP contribution in [0, 0.1) is 5.92 Å². The molecule has 4 nitrogen and oxygen atoms in total. The molecular formula is C18H29ClN2O2. The molecule has 0 radical (unpaired) electrons. The second-order valence-electron chi connectivity index (χ2n) is 6.41. The first kappa shape index (κ1) is 19.8. The molecule has 5 heteroatoms. The first-order valence-corrected chi connectivity index (χ1v) is 8.36. The molecule has 0 saturated carbocycles. The van der Waals surface area contributed by atoms with Crippen LogP contribution in [-0.2, 0) is 11.3 Å². The van der Waals surface area contributed by atoms with Gasteiger partial charge in [-0.1, -0.05) is 32.0 Å². The lowest BCUT2D eigenvalue weighted by Gasteiger charge is -2.14. The molecule has 0 aromatic heterocycles. The fraction of sp³-hybridized carbons (Fsp3) is 0.611. The highest BCUT2D eigenvalue weighted by Crippen LogP contribution is 2.18. The number of halogens is 1. The number of hydrogen-bond acceptors (Lipinski definition) is 3. The zero-order valence-electron chi connectivity index (χ0n) is 14.1. The van der Waals surface area contributed by atoms with Gasteiger partial charge < -0.3 is 15.4 Å². The van der Waals surface area contributed by atoms with Crippen molar-refractivity contribution in [2.45, 2.75) is 52.1 Å². The minimum atomic E-state index is 0. The SMILES string of the molecule is CC(C)CCOc1ccccc1CNC(=O)CC1CCCN1.Cl.